The Morgan fingerprint density at radius 3 is 2.78 bits per heavy atom. The lowest BCUT2D eigenvalue weighted by Crippen LogP contribution is -2.17. The summed E-state index contributed by atoms with van der Waals surface area (Å²) in [7, 11) is 0. The molecule has 1 saturated carbocycles. The van der Waals surface area contributed by atoms with Crippen LogP contribution in [0.15, 0.2) is 36.9 Å². The zero-order valence-electron chi connectivity index (χ0n) is 15.0. The molecule has 0 radical (unpaired) electrons. The van der Waals surface area contributed by atoms with Gasteiger partial charge in [-0.15, -0.1) is 0 Å². The number of anilines is 1. The van der Waals surface area contributed by atoms with Crippen molar-refractivity contribution >= 4 is 17.2 Å². The van der Waals surface area contributed by atoms with Crippen LogP contribution in [0.4, 0.5) is 14.5 Å². The highest BCUT2D eigenvalue weighted by Gasteiger charge is 2.26. The maximum Gasteiger partial charge on any atom is 0.284 e. The second kappa shape index (κ2) is 7.09. The van der Waals surface area contributed by atoms with Crippen molar-refractivity contribution < 1.29 is 13.6 Å². The molecule has 142 valence electrons. The Hall–Kier alpha value is -2.77. The maximum atomic E-state index is 13.5. The van der Waals surface area contributed by atoms with Crippen LogP contribution in [0.1, 0.15) is 61.1 Å². The monoisotopic (exact) mass is 373 g/mol. The largest absolute Gasteiger partial charge is 0.319 e. The highest BCUT2D eigenvalue weighted by Crippen LogP contribution is 2.34. The fourth-order valence-corrected chi connectivity index (χ4v) is 3.66. The number of nitrogens with one attached hydrogen (secondary N) is 1. The molecule has 3 heterocycles. The first-order chi connectivity index (χ1) is 13.0. The van der Waals surface area contributed by atoms with E-state index in [1.165, 1.54) is 6.20 Å². The highest BCUT2D eigenvalue weighted by molar-refractivity contribution is 6.08. The standard InChI is InChI=1S/C19H21F2N5O/c1-12-3-5-13(6-4-12)26-11-15(16(24-26)17(20)21)23-19(27)14-7-10-25-9-2-8-22-18(14)25/h2,7-13,17H,3-6H2,1H3,(H,23,27)/t12-,13-. The van der Waals surface area contributed by atoms with Gasteiger partial charge in [0.1, 0.15) is 5.65 Å². The predicted molar refractivity (Wildman–Crippen MR) is 97.0 cm³/mol. The van der Waals surface area contributed by atoms with E-state index in [0.717, 1.165) is 25.7 Å². The van der Waals surface area contributed by atoms with Crippen LogP contribution in [0.25, 0.3) is 5.65 Å². The Morgan fingerprint density at radius 2 is 2.04 bits per heavy atom. The van der Waals surface area contributed by atoms with Gasteiger partial charge in [-0.2, -0.15) is 5.10 Å². The average molecular weight is 373 g/mol. The second-order valence-electron chi connectivity index (χ2n) is 7.16. The van der Waals surface area contributed by atoms with Gasteiger partial charge in [-0.05, 0) is 43.7 Å². The quantitative estimate of drug-likeness (QED) is 0.734. The van der Waals surface area contributed by atoms with Crippen LogP contribution in [-0.2, 0) is 0 Å². The van der Waals surface area contributed by atoms with Gasteiger partial charge in [0.15, 0.2) is 5.69 Å². The summed E-state index contributed by atoms with van der Waals surface area (Å²) in [6, 6.07) is 3.46. The van der Waals surface area contributed by atoms with Gasteiger partial charge in [-0.3, -0.25) is 9.48 Å². The van der Waals surface area contributed by atoms with Crippen molar-refractivity contribution in [3.05, 3.63) is 48.2 Å². The Bertz CT molecular complexity index is 956. The van der Waals surface area contributed by atoms with Crippen LogP contribution in [0.3, 0.4) is 0 Å². The van der Waals surface area contributed by atoms with Crippen LogP contribution < -0.4 is 5.32 Å². The van der Waals surface area contributed by atoms with E-state index in [9.17, 15) is 13.6 Å². The minimum atomic E-state index is -2.76. The molecule has 0 aliphatic heterocycles. The molecule has 3 aromatic heterocycles. The number of halogens is 2. The van der Waals surface area contributed by atoms with Gasteiger partial charge in [0, 0.05) is 24.8 Å². The number of rotatable bonds is 4. The van der Waals surface area contributed by atoms with Crippen molar-refractivity contribution in [2.75, 3.05) is 5.32 Å². The van der Waals surface area contributed by atoms with Gasteiger partial charge < -0.3 is 9.72 Å². The van der Waals surface area contributed by atoms with Crippen LogP contribution >= 0.6 is 0 Å². The van der Waals surface area contributed by atoms with Crippen molar-refractivity contribution in [1.29, 1.82) is 0 Å². The zero-order chi connectivity index (χ0) is 19.0. The Balaban J connectivity index is 1.60. The second-order valence-corrected chi connectivity index (χ2v) is 7.16. The van der Waals surface area contributed by atoms with Crippen molar-refractivity contribution in [3.8, 4) is 0 Å². The van der Waals surface area contributed by atoms with E-state index >= 15 is 0 Å². The predicted octanol–water partition coefficient (Wildman–Crippen LogP) is 4.47. The van der Waals surface area contributed by atoms with Gasteiger partial charge >= 0.3 is 0 Å². The van der Waals surface area contributed by atoms with E-state index in [0.29, 0.717) is 17.1 Å². The van der Waals surface area contributed by atoms with Crippen molar-refractivity contribution in [1.82, 2.24) is 19.2 Å². The van der Waals surface area contributed by atoms with E-state index in [4.69, 9.17) is 0 Å². The molecule has 0 aromatic carbocycles. The SMILES string of the molecule is C[C@H]1CC[C@H](n2cc(NC(=O)c3ccn4cccnc34)c(C(F)F)n2)CC1. The summed E-state index contributed by atoms with van der Waals surface area (Å²) in [5.41, 5.74) is 0.472. The number of amides is 1. The third-order valence-electron chi connectivity index (χ3n) is 5.24. The molecule has 4 rings (SSSR count). The van der Waals surface area contributed by atoms with Crippen LogP contribution in [0.2, 0.25) is 0 Å². The minimum absolute atomic E-state index is 0.0592. The molecule has 1 amide bonds. The summed E-state index contributed by atoms with van der Waals surface area (Å²) in [5.74, 6) is 0.177. The van der Waals surface area contributed by atoms with Gasteiger partial charge in [0.2, 0.25) is 0 Å². The Kier molecular flexibility index (Phi) is 4.63. The molecule has 0 unspecified atom stereocenters. The minimum Gasteiger partial charge on any atom is -0.319 e. The Morgan fingerprint density at radius 1 is 1.26 bits per heavy atom. The first-order valence-corrected chi connectivity index (χ1v) is 9.13. The summed E-state index contributed by atoms with van der Waals surface area (Å²) in [5, 5.41) is 6.69. The fourth-order valence-electron chi connectivity index (χ4n) is 3.66. The number of aromatic nitrogens is 4. The molecule has 1 N–H and O–H groups in total. The Labute approximate surface area is 155 Å². The smallest absolute Gasteiger partial charge is 0.284 e. The fraction of sp³-hybridized carbons (Fsp3) is 0.421. The van der Waals surface area contributed by atoms with Crippen molar-refractivity contribution in [3.63, 3.8) is 0 Å². The first-order valence-electron chi connectivity index (χ1n) is 9.13. The van der Waals surface area contributed by atoms with Gasteiger partial charge in [-0.1, -0.05) is 6.92 Å². The summed E-state index contributed by atoms with van der Waals surface area (Å²) < 4.78 is 30.2. The lowest BCUT2D eigenvalue weighted by molar-refractivity contribution is 0.102. The summed E-state index contributed by atoms with van der Waals surface area (Å²) >= 11 is 0. The summed E-state index contributed by atoms with van der Waals surface area (Å²) in [4.78, 5) is 16.8. The molecule has 0 bridgehead atoms. The number of hydrogen-bond acceptors (Lipinski definition) is 3. The number of fused-ring (bicyclic) bond motifs is 1. The lowest BCUT2D eigenvalue weighted by atomic mass is 9.87. The number of carbonyl (C=O) groups excluding carboxylic acids is 1. The lowest BCUT2D eigenvalue weighted by Gasteiger charge is -2.26. The van der Waals surface area contributed by atoms with Crippen LogP contribution in [-0.4, -0.2) is 25.1 Å². The molecule has 0 atom stereocenters. The number of carbonyl (C=O) groups is 1. The highest BCUT2D eigenvalue weighted by atomic mass is 19.3. The molecule has 0 spiro atoms. The molecule has 1 aliphatic carbocycles. The molecule has 27 heavy (non-hydrogen) atoms. The van der Waals surface area contributed by atoms with Gasteiger partial charge in [0.05, 0.1) is 17.3 Å². The number of hydrogen-bond donors (Lipinski definition) is 1. The normalized spacial score (nSPS) is 20.3. The molecule has 6 nitrogen and oxygen atoms in total. The van der Waals surface area contributed by atoms with E-state index in [1.807, 2.05) is 0 Å². The molecule has 0 saturated heterocycles. The van der Waals surface area contributed by atoms with Crippen LogP contribution in [0.5, 0.6) is 0 Å². The van der Waals surface area contributed by atoms with Gasteiger partial charge in [0.25, 0.3) is 12.3 Å². The summed E-state index contributed by atoms with van der Waals surface area (Å²) in [6.07, 6.45) is 7.76. The van der Waals surface area contributed by atoms with E-state index < -0.39 is 18.0 Å². The van der Waals surface area contributed by atoms with Crippen LogP contribution in [0, 0.1) is 5.92 Å². The molecular formula is C19H21F2N5O. The van der Waals surface area contributed by atoms with E-state index in [2.05, 4.69) is 22.3 Å². The summed E-state index contributed by atoms with van der Waals surface area (Å²) in [6.45, 7) is 2.20. The number of alkyl halides is 2. The van der Waals surface area contributed by atoms with E-state index in [-0.39, 0.29) is 11.7 Å². The van der Waals surface area contributed by atoms with Gasteiger partial charge in [-0.25, -0.2) is 13.8 Å². The van der Waals surface area contributed by atoms with E-state index in [1.54, 1.807) is 39.8 Å². The third-order valence-corrected chi connectivity index (χ3v) is 5.24. The molecule has 8 heteroatoms. The molecule has 1 fully saturated rings. The average Bonchev–Trinajstić information content (AvgIpc) is 3.26. The zero-order valence-corrected chi connectivity index (χ0v) is 15.0. The molecular weight excluding hydrogens is 352 g/mol. The topological polar surface area (TPSA) is 64.2 Å². The first kappa shape index (κ1) is 17.6. The number of nitrogens with zero attached hydrogens (tertiary/aromatic N) is 4. The molecule has 1 aliphatic rings. The van der Waals surface area contributed by atoms with Crippen molar-refractivity contribution in [2.45, 2.75) is 45.1 Å². The van der Waals surface area contributed by atoms with Crippen molar-refractivity contribution in [2.24, 2.45) is 5.92 Å². The maximum absolute atomic E-state index is 13.5. The molecule has 3 aromatic rings. The third kappa shape index (κ3) is 3.43.